The number of methoxy groups -OCH3 is 1. The van der Waals surface area contributed by atoms with Gasteiger partial charge in [0.15, 0.2) is 21.7 Å². The SMILES string of the molecule is CCC(=O)N(c1nnc(SCC(=O)c2ccc(OC)c(F)c2)s1)C1CC1. The van der Waals surface area contributed by atoms with Crippen LogP contribution in [0.1, 0.15) is 36.5 Å². The third-order valence-corrected chi connectivity index (χ3v) is 5.94. The Morgan fingerprint density at radius 1 is 1.38 bits per heavy atom. The first-order valence-electron chi connectivity index (χ1n) is 8.18. The van der Waals surface area contributed by atoms with Gasteiger partial charge in [0.25, 0.3) is 0 Å². The largest absolute Gasteiger partial charge is 0.494 e. The highest BCUT2D eigenvalue weighted by atomic mass is 32.2. The van der Waals surface area contributed by atoms with Crippen LogP contribution in [0, 0.1) is 5.82 Å². The van der Waals surface area contributed by atoms with Gasteiger partial charge in [0.05, 0.1) is 12.9 Å². The predicted octanol–water partition coefficient (Wildman–Crippen LogP) is 3.57. The quantitative estimate of drug-likeness (QED) is 0.387. The van der Waals surface area contributed by atoms with Crippen LogP contribution >= 0.6 is 23.1 Å². The number of rotatable bonds is 8. The van der Waals surface area contributed by atoms with E-state index in [1.165, 1.54) is 48.4 Å². The molecule has 0 N–H and O–H groups in total. The maximum atomic E-state index is 13.7. The summed E-state index contributed by atoms with van der Waals surface area (Å²) in [7, 11) is 1.37. The van der Waals surface area contributed by atoms with E-state index in [4.69, 9.17) is 4.74 Å². The number of halogens is 1. The lowest BCUT2D eigenvalue weighted by molar-refractivity contribution is -0.118. The van der Waals surface area contributed by atoms with Gasteiger partial charge in [0.2, 0.25) is 11.0 Å². The summed E-state index contributed by atoms with van der Waals surface area (Å²) in [6.07, 6.45) is 2.38. The number of ketones is 1. The molecule has 26 heavy (non-hydrogen) atoms. The smallest absolute Gasteiger partial charge is 0.228 e. The van der Waals surface area contributed by atoms with Gasteiger partial charge in [-0.15, -0.1) is 10.2 Å². The lowest BCUT2D eigenvalue weighted by Gasteiger charge is -2.17. The van der Waals surface area contributed by atoms with Crippen molar-refractivity contribution < 1.29 is 18.7 Å². The van der Waals surface area contributed by atoms with Gasteiger partial charge >= 0.3 is 0 Å². The second-order valence-electron chi connectivity index (χ2n) is 5.76. The highest BCUT2D eigenvalue weighted by Gasteiger charge is 2.35. The van der Waals surface area contributed by atoms with Gasteiger partial charge < -0.3 is 4.74 Å². The molecule has 3 rings (SSSR count). The minimum atomic E-state index is -0.570. The summed E-state index contributed by atoms with van der Waals surface area (Å²) in [6, 6.07) is 4.35. The fourth-order valence-corrected chi connectivity index (χ4v) is 4.20. The molecule has 9 heteroatoms. The zero-order valence-electron chi connectivity index (χ0n) is 14.4. The van der Waals surface area contributed by atoms with E-state index in [0.29, 0.717) is 15.9 Å². The lowest BCUT2D eigenvalue weighted by atomic mass is 10.1. The van der Waals surface area contributed by atoms with Crippen LogP contribution in [0.25, 0.3) is 0 Å². The van der Waals surface area contributed by atoms with Crippen LogP contribution in [0.3, 0.4) is 0 Å². The number of anilines is 1. The number of hydrogen-bond acceptors (Lipinski definition) is 7. The second kappa shape index (κ2) is 8.13. The maximum absolute atomic E-state index is 13.7. The van der Waals surface area contributed by atoms with E-state index in [0.717, 1.165) is 12.8 Å². The van der Waals surface area contributed by atoms with Gasteiger partial charge in [-0.3, -0.25) is 14.5 Å². The van der Waals surface area contributed by atoms with Crippen LogP contribution in [0.4, 0.5) is 9.52 Å². The van der Waals surface area contributed by atoms with Crippen LogP contribution in [0.15, 0.2) is 22.5 Å². The summed E-state index contributed by atoms with van der Waals surface area (Å²) in [5.41, 5.74) is 0.279. The Hall–Kier alpha value is -2.00. The predicted molar refractivity (Wildman–Crippen MR) is 98.7 cm³/mol. The van der Waals surface area contributed by atoms with Gasteiger partial charge in [-0.25, -0.2) is 4.39 Å². The number of amides is 1. The first kappa shape index (κ1) is 18.8. The molecule has 0 spiro atoms. The highest BCUT2D eigenvalue weighted by Crippen LogP contribution is 2.36. The maximum Gasteiger partial charge on any atom is 0.228 e. The molecule has 0 unspecified atom stereocenters. The molecule has 6 nitrogen and oxygen atoms in total. The van der Waals surface area contributed by atoms with Gasteiger partial charge in [0, 0.05) is 18.0 Å². The van der Waals surface area contributed by atoms with Crippen LogP contribution in [0.5, 0.6) is 5.75 Å². The van der Waals surface area contributed by atoms with E-state index in [9.17, 15) is 14.0 Å². The zero-order chi connectivity index (χ0) is 18.7. The van der Waals surface area contributed by atoms with Crippen molar-refractivity contribution in [3.8, 4) is 5.75 Å². The Labute approximate surface area is 158 Å². The lowest BCUT2D eigenvalue weighted by Crippen LogP contribution is -2.32. The number of Topliss-reactive ketones (excluding diaryl/α,β-unsaturated/α-hetero) is 1. The number of benzene rings is 1. The molecule has 1 heterocycles. The summed E-state index contributed by atoms with van der Waals surface area (Å²) in [5, 5.41) is 8.74. The Kier molecular flexibility index (Phi) is 5.87. The molecule has 0 bridgehead atoms. The first-order valence-corrected chi connectivity index (χ1v) is 9.98. The molecule has 0 saturated heterocycles. The Morgan fingerprint density at radius 3 is 2.77 bits per heavy atom. The molecule has 2 aromatic rings. The minimum Gasteiger partial charge on any atom is -0.494 e. The molecule has 1 amide bonds. The van der Waals surface area contributed by atoms with Gasteiger partial charge in [0.1, 0.15) is 0 Å². The molecule has 1 aliphatic carbocycles. The molecule has 1 saturated carbocycles. The first-order chi connectivity index (χ1) is 12.5. The van der Waals surface area contributed by atoms with Gasteiger partial charge in [-0.05, 0) is 31.0 Å². The number of ether oxygens (including phenoxy) is 1. The molecule has 1 aromatic carbocycles. The Balaban J connectivity index is 1.63. The summed E-state index contributed by atoms with van der Waals surface area (Å²) in [4.78, 5) is 26.1. The van der Waals surface area contributed by atoms with Crippen LogP contribution < -0.4 is 9.64 Å². The third kappa shape index (κ3) is 4.21. The average molecular weight is 395 g/mol. The number of nitrogens with zero attached hydrogens (tertiary/aromatic N) is 3. The van der Waals surface area contributed by atoms with E-state index >= 15 is 0 Å². The van der Waals surface area contributed by atoms with E-state index < -0.39 is 5.82 Å². The second-order valence-corrected chi connectivity index (χ2v) is 7.94. The monoisotopic (exact) mass is 395 g/mol. The molecule has 0 aliphatic heterocycles. The van der Waals surface area contributed by atoms with Crippen molar-refractivity contribution in [2.45, 2.75) is 36.6 Å². The van der Waals surface area contributed by atoms with Crippen molar-refractivity contribution in [1.82, 2.24) is 10.2 Å². The van der Waals surface area contributed by atoms with E-state index in [1.807, 2.05) is 6.92 Å². The average Bonchev–Trinajstić information content (AvgIpc) is 3.37. The number of hydrogen-bond donors (Lipinski definition) is 0. The fourth-order valence-electron chi connectivity index (χ4n) is 2.38. The fraction of sp³-hybridized carbons (Fsp3) is 0.412. The summed E-state index contributed by atoms with van der Waals surface area (Å²) < 4.78 is 19.2. The number of carbonyl (C=O) groups is 2. The molecule has 1 fully saturated rings. The van der Waals surface area contributed by atoms with E-state index in [2.05, 4.69) is 10.2 Å². The third-order valence-electron chi connectivity index (χ3n) is 3.89. The molecule has 0 radical (unpaired) electrons. The van der Waals surface area contributed by atoms with Crippen LogP contribution in [0.2, 0.25) is 0 Å². The number of thioether (sulfide) groups is 1. The van der Waals surface area contributed by atoms with Crippen LogP contribution in [-0.4, -0.2) is 40.8 Å². The normalized spacial score (nSPS) is 13.5. The number of carbonyl (C=O) groups excluding carboxylic acids is 2. The summed E-state index contributed by atoms with van der Waals surface area (Å²) in [6.45, 7) is 1.82. The van der Waals surface area contributed by atoms with E-state index in [-0.39, 0.29) is 34.8 Å². The van der Waals surface area contributed by atoms with Crippen molar-refractivity contribution >= 4 is 39.9 Å². The molecule has 0 atom stereocenters. The summed E-state index contributed by atoms with van der Waals surface area (Å²) in [5.74, 6) is -0.531. The Morgan fingerprint density at radius 2 is 2.15 bits per heavy atom. The molecule has 1 aliphatic rings. The Bertz CT molecular complexity index is 823. The topological polar surface area (TPSA) is 72.4 Å². The van der Waals surface area contributed by atoms with Crippen molar-refractivity contribution in [3.05, 3.63) is 29.6 Å². The highest BCUT2D eigenvalue weighted by molar-refractivity contribution is 8.01. The zero-order valence-corrected chi connectivity index (χ0v) is 16.0. The summed E-state index contributed by atoms with van der Waals surface area (Å²) >= 11 is 2.53. The van der Waals surface area contributed by atoms with Gasteiger partial charge in [-0.2, -0.15) is 0 Å². The van der Waals surface area contributed by atoms with Gasteiger partial charge in [-0.1, -0.05) is 30.0 Å². The van der Waals surface area contributed by atoms with Crippen LogP contribution in [-0.2, 0) is 4.79 Å². The van der Waals surface area contributed by atoms with Crippen molar-refractivity contribution in [3.63, 3.8) is 0 Å². The minimum absolute atomic E-state index is 0.0324. The standard InChI is InChI=1S/C17H18FN3O3S2/c1-3-15(23)21(11-5-6-11)16-19-20-17(26-16)25-9-13(22)10-4-7-14(24-2)12(18)8-10/h4,7-8,11H,3,5-6,9H2,1-2H3. The van der Waals surface area contributed by atoms with Crippen molar-refractivity contribution in [2.75, 3.05) is 17.8 Å². The van der Waals surface area contributed by atoms with E-state index in [1.54, 1.807) is 4.90 Å². The molecular weight excluding hydrogens is 377 g/mol. The number of aromatic nitrogens is 2. The van der Waals surface area contributed by atoms with Crippen molar-refractivity contribution in [2.24, 2.45) is 0 Å². The molecular formula is C17H18FN3O3S2. The molecule has 138 valence electrons. The molecule has 1 aromatic heterocycles. The van der Waals surface area contributed by atoms with Crippen molar-refractivity contribution in [1.29, 1.82) is 0 Å².